The maximum Gasteiger partial charge on any atom is 0.229 e. The summed E-state index contributed by atoms with van der Waals surface area (Å²) in [5.74, 6) is -0.107. The number of nitrogens with zero attached hydrogens (tertiary/aromatic N) is 3. The molecular weight excluding hydrogens is 370 g/mol. The summed E-state index contributed by atoms with van der Waals surface area (Å²) in [6.45, 7) is 0.764. The summed E-state index contributed by atoms with van der Waals surface area (Å²) < 4.78 is 4.75. The summed E-state index contributed by atoms with van der Waals surface area (Å²) in [7, 11) is 0. The number of aryl methyl sites for hydroxylation is 1. The van der Waals surface area contributed by atoms with Gasteiger partial charge in [-0.3, -0.25) is 9.59 Å². The maximum absolute atomic E-state index is 13.4. The van der Waals surface area contributed by atoms with Gasteiger partial charge in [0.2, 0.25) is 5.91 Å². The Hall–Kier alpha value is -3.06. The molecule has 3 aromatic rings. The first-order valence-corrected chi connectivity index (χ1v) is 9.84. The second kappa shape index (κ2) is 6.77. The van der Waals surface area contributed by atoms with Crippen LogP contribution in [0.25, 0.3) is 11.0 Å². The summed E-state index contributed by atoms with van der Waals surface area (Å²) in [4.78, 5) is 27.1. The highest BCUT2D eigenvalue weighted by atomic mass is 16.6. The molecule has 1 saturated heterocycles. The third kappa shape index (κ3) is 3.02. The van der Waals surface area contributed by atoms with Gasteiger partial charge < -0.3 is 10.0 Å². The molecule has 0 bridgehead atoms. The summed E-state index contributed by atoms with van der Waals surface area (Å²) in [5.41, 5.74) is 4.77. The fourth-order valence-corrected chi connectivity index (χ4v) is 4.71. The molecule has 7 nitrogen and oxygen atoms in total. The van der Waals surface area contributed by atoms with E-state index >= 15 is 0 Å². The smallest absolute Gasteiger partial charge is 0.229 e. The first-order chi connectivity index (χ1) is 14.1. The van der Waals surface area contributed by atoms with Gasteiger partial charge in [0.15, 0.2) is 5.78 Å². The van der Waals surface area contributed by atoms with Gasteiger partial charge in [0.1, 0.15) is 17.6 Å². The SMILES string of the molecule is O=C(CO)c1ccc2c(c1)C[C@@]1(CC2)CCN(Cc2ccc3nonc3c2)C1=O. The lowest BCUT2D eigenvalue weighted by Gasteiger charge is -2.33. The summed E-state index contributed by atoms with van der Waals surface area (Å²) >= 11 is 0. The summed E-state index contributed by atoms with van der Waals surface area (Å²) in [5, 5.41) is 16.8. The number of benzene rings is 2. The molecule has 1 atom stereocenters. The van der Waals surface area contributed by atoms with Crippen LogP contribution in [0.5, 0.6) is 0 Å². The van der Waals surface area contributed by atoms with Crippen LogP contribution in [0, 0.1) is 5.41 Å². The van der Waals surface area contributed by atoms with Gasteiger partial charge in [-0.25, -0.2) is 4.63 Å². The summed E-state index contributed by atoms with van der Waals surface area (Å²) in [6, 6.07) is 11.3. The van der Waals surface area contributed by atoms with Crippen molar-refractivity contribution in [3.8, 4) is 0 Å². The van der Waals surface area contributed by atoms with Crippen molar-refractivity contribution in [3.63, 3.8) is 0 Å². The first kappa shape index (κ1) is 18.0. The molecule has 1 aliphatic carbocycles. The number of aliphatic hydroxyl groups excluding tert-OH is 1. The van der Waals surface area contributed by atoms with E-state index in [1.54, 1.807) is 6.07 Å². The maximum atomic E-state index is 13.4. The number of aromatic nitrogens is 2. The molecule has 0 saturated carbocycles. The molecule has 1 spiro atoms. The van der Waals surface area contributed by atoms with E-state index in [1.807, 2.05) is 35.2 Å². The molecule has 2 aromatic carbocycles. The molecule has 148 valence electrons. The first-order valence-electron chi connectivity index (χ1n) is 9.84. The van der Waals surface area contributed by atoms with Crippen LogP contribution in [0.3, 0.4) is 0 Å². The number of amides is 1. The number of hydrogen-bond donors (Lipinski definition) is 1. The summed E-state index contributed by atoms with van der Waals surface area (Å²) in [6.07, 6.45) is 3.13. The van der Waals surface area contributed by atoms with Gasteiger partial charge in [-0.15, -0.1) is 0 Å². The van der Waals surface area contributed by atoms with E-state index in [-0.39, 0.29) is 11.7 Å². The molecule has 0 radical (unpaired) electrons. The molecule has 1 amide bonds. The number of likely N-dealkylation sites (tertiary alicyclic amines) is 1. The number of rotatable bonds is 4. The van der Waals surface area contributed by atoms with Crippen molar-refractivity contribution in [1.29, 1.82) is 0 Å². The Labute approximate surface area is 167 Å². The van der Waals surface area contributed by atoms with Crippen molar-refractivity contribution < 1.29 is 19.3 Å². The topological polar surface area (TPSA) is 96.5 Å². The minimum absolute atomic E-state index is 0.181. The largest absolute Gasteiger partial charge is 0.388 e. The molecule has 7 heteroatoms. The van der Waals surface area contributed by atoms with Crippen molar-refractivity contribution in [2.75, 3.05) is 13.2 Å². The number of ketones is 1. The van der Waals surface area contributed by atoms with Crippen LogP contribution in [-0.2, 0) is 24.2 Å². The van der Waals surface area contributed by atoms with E-state index in [1.165, 1.54) is 5.56 Å². The molecule has 1 N–H and O–H groups in total. The Balaban J connectivity index is 1.37. The number of carbonyl (C=O) groups excluding carboxylic acids is 2. The normalized spacial score (nSPS) is 21.1. The van der Waals surface area contributed by atoms with Gasteiger partial charge in [0, 0.05) is 18.7 Å². The van der Waals surface area contributed by atoms with Crippen molar-refractivity contribution in [1.82, 2.24) is 15.2 Å². The van der Waals surface area contributed by atoms with Crippen LogP contribution in [0.4, 0.5) is 0 Å². The molecule has 29 heavy (non-hydrogen) atoms. The quantitative estimate of drug-likeness (QED) is 0.686. The third-order valence-electron chi connectivity index (χ3n) is 6.37. The molecular formula is C22H21N3O4. The zero-order chi connectivity index (χ0) is 20.0. The average molecular weight is 391 g/mol. The highest BCUT2D eigenvalue weighted by Crippen LogP contribution is 2.44. The van der Waals surface area contributed by atoms with Crippen LogP contribution < -0.4 is 0 Å². The van der Waals surface area contributed by atoms with Crippen LogP contribution >= 0.6 is 0 Å². The Bertz CT molecular complexity index is 1120. The molecule has 5 rings (SSSR count). The second-order valence-electron chi connectivity index (χ2n) is 8.09. The number of Topliss-reactive ketones (excluding diaryl/α,β-unsaturated/α-hetero) is 1. The van der Waals surface area contributed by atoms with Gasteiger partial charge in [0.05, 0.1) is 5.41 Å². The van der Waals surface area contributed by atoms with Gasteiger partial charge in [0.25, 0.3) is 0 Å². The Morgan fingerprint density at radius 3 is 2.83 bits per heavy atom. The molecule has 1 aliphatic heterocycles. The fourth-order valence-electron chi connectivity index (χ4n) is 4.71. The third-order valence-corrected chi connectivity index (χ3v) is 6.37. The Morgan fingerprint density at radius 1 is 1.10 bits per heavy atom. The van der Waals surface area contributed by atoms with E-state index in [2.05, 4.69) is 10.3 Å². The van der Waals surface area contributed by atoms with Crippen LogP contribution in [0.15, 0.2) is 41.0 Å². The highest BCUT2D eigenvalue weighted by Gasteiger charge is 2.48. The zero-order valence-corrected chi connectivity index (χ0v) is 15.9. The number of carbonyl (C=O) groups is 2. The lowest BCUT2D eigenvalue weighted by molar-refractivity contribution is -0.137. The monoisotopic (exact) mass is 391 g/mol. The van der Waals surface area contributed by atoms with Crippen molar-refractivity contribution >= 4 is 22.7 Å². The van der Waals surface area contributed by atoms with Gasteiger partial charge in [-0.05, 0) is 70.9 Å². The second-order valence-corrected chi connectivity index (χ2v) is 8.09. The zero-order valence-electron chi connectivity index (χ0n) is 15.9. The van der Waals surface area contributed by atoms with E-state index in [0.29, 0.717) is 29.6 Å². The fraction of sp³-hybridized carbons (Fsp3) is 0.364. The van der Waals surface area contributed by atoms with E-state index in [9.17, 15) is 9.59 Å². The number of hydrogen-bond acceptors (Lipinski definition) is 6. The minimum atomic E-state index is -0.498. The minimum Gasteiger partial charge on any atom is -0.388 e. The van der Waals surface area contributed by atoms with Crippen LogP contribution in [-0.4, -0.2) is 45.2 Å². The average Bonchev–Trinajstić information content (AvgIpc) is 3.33. The predicted molar refractivity (Wildman–Crippen MR) is 104 cm³/mol. The number of fused-ring (bicyclic) bond motifs is 2. The van der Waals surface area contributed by atoms with E-state index < -0.39 is 12.0 Å². The lowest BCUT2D eigenvalue weighted by atomic mass is 9.70. The molecule has 1 fully saturated rings. The Morgan fingerprint density at radius 2 is 1.97 bits per heavy atom. The predicted octanol–water partition coefficient (Wildman–Crippen LogP) is 2.31. The van der Waals surface area contributed by atoms with E-state index in [0.717, 1.165) is 36.9 Å². The molecule has 2 heterocycles. The van der Waals surface area contributed by atoms with Gasteiger partial charge in [-0.2, -0.15) is 0 Å². The highest BCUT2D eigenvalue weighted by molar-refractivity contribution is 5.97. The van der Waals surface area contributed by atoms with Crippen LogP contribution in [0.1, 0.15) is 39.9 Å². The van der Waals surface area contributed by atoms with Crippen molar-refractivity contribution in [2.45, 2.75) is 32.2 Å². The number of aliphatic hydroxyl groups is 1. The molecule has 0 unspecified atom stereocenters. The lowest BCUT2D eigenvalue weighted by Crippen LogP contribution is -2.38. The van der Waals surface area contributed by atoms with Crippen LogP contribution in [0.2, 0.25) is 0 Å². The van der Waals surface area contributed by atoms with Crippen molar-refractivity contribution in [2.24, 2.45) is 5.41 Å². The van der Waals surface area contributed by atoms with E-state index in [4.69, 9.17) is 9.74 Å². The van der Waals surface area contributed by atoms with Gasteiger partial charge in [-0.1, -0.05) is 18.2 Å². The van der Waals surface area contributed by atoms with Crippen molar-refractivity contribution in [3.05, 3.63) is 58.7 Å². The molecule has 1 aromatic heterocycles. The van der Waals surface area contributed by atoms with Gasteiger partial charge >= 0.3 is 0 Å². The standard InChI is InChI=1S/C22H21N3O4/c26-13-20(27)16-3-2-15-5-6-22(11-17(15)10-16)7-8-25(21(22)28)12-14-1-4-18-19(9-14)24-29-23-18/h1-4,9-10,26H,5-8,11-13H2/t22-/m1/s1. The molecule has 2 aliphatic rings. The Kier molecular flexibility index (Phi) is 4.20.